The first kappa shape index (κ1) is 14.5. The zero-order valence-corrected chi connectivity index (χ0v) is 11.6. The largest absolute Gasteiger partial charge is 0.456 e. The topological polar surface area (TPSA) is 69.7 Å². The fourth-order valence-electron chi connectivity index (χ4n) is 1.16. The third kappa shape index (κ3) is 5.18. The Balaban J connectivity index is 2.80. The molecule has 0 saturated carbocycles. The minimum Gasteiger partial charge on any atom is -0.456 e. The molecule has 0 aliphatic heterocycles. The predicted molar refractivity (Wildman–Crippen MR) is 67.1 cm³/mol. The maximum atomic E-state index is 11.7. The number of carbonyl (C=O) groups excluding carboxylic acids is 1. The summed E-state index contributed by atoms with van der Waals surface area (Å²) in [6, 6.07) is 5.71. The second kappa shape index (κ2) is 4.97. The highest BCUT2D eigenvalue weighted by Gasteiger charge is 2.17. The van der Waals surface area contributed by atoms with E-state index in [9.17, 15) is 13.2 Å². The molecule has 0 aliphatic rings. The van der Waals surface area contributed by atoms with E-state index in [1.807, 2.05) is 0 Å². The van der Waals surface area contributed by atoms with Gasteiger partial charge in [0.2, 0.25) is 0 Å². The summed E-state index contributed by atoms with van der Waals surface area (Å²) in [5, 5.41) is 0. The van der Waals surface area contributed by atoms with Gasteiger partial charge in [-0.15, -0.1) is 0 Å². The minimum absolute atomic E-state index is 0.157. The molecule has 0 amide bonds. The Labute approximate surface area is 107 Å². The molecule has 100 valence electrons. The van der Waals surface area contributed by atoms with Crippen LogP contribution >= 0.6 is 0 Å². The summed E-state index contributed by atoms with van der Waals surface area (Å²) in [4.78, 5) is 11.7. The van der Waals surface area contributed by atoms with Gasteiger partial charge in [-0.25, -0.2) is 4.79 Å². The van der Waals surface area contributed by atoms with Crippen LogP contribution in [0.2, 0.25) is 0 Å². The number of ether oxygens (including phenoxy) is 1. The molecule has 1 rings (SSSR count). The average Bonchev–Trinajstić information content (AvgIpc) is 2.13. The molecular formula is C12H16O5S. The van der Waals surface area contributed by atoms with Crippen LogP contribution in [0, 0.1) is 0 Å². The molecule has 0 N–H and O–H groups in total. The minimum atomic E-state index is -3.56. The Morgan fingerprint density at radius 3 is 2.00 bits per heavy atom. The number of hydrogen-bond acceptors (Lipinski definition) is 5. The molecule has 0 spiro atoms. The van der Waals surface area contributed by atoms with Gasteiger partial charge in [0.1, 0.15) is 11.4 Å². The lowest BCUT2D eigenvalue weighted by Gasteiger charge is -2.19. The lowest BCUT2D eigenvalue weighted by molar-refractivity contribution is 0.00695. The highest BCUT2D eigenvalue weighted by molar-refractivity contribution is 7.86. The molecule has 0 fully saturated rings. The average molecular weight is 272 g/mol. The maximum Gasteiger partial charge on any atom is 0.338 e. The molecule has 0 unspecified atom stereocenters. The Morgan fingerprint density at radius 2 is 1.61 bits per heavy atom. The van der Waals surface area contributed by atoms with Gasteiger partial charge in [-0.1, -0.05) is 0 Å². The first-order valence-corrected chi connectivity index (χ1v) is 7.11. The molecule has 0 bridgehead atoms. The molecule has 0 saturated heterocycles. The van der Waals surface area contributed by atoms with Gasteiger partial charge >= 0.3 is 16.1 Å². The lowest BCUT2D eigenvalue weighted by atomic mass is 10.1. The monoisotopic (exact) mass is 272 g/mol. The van der Waals surface area contributed by atoms with E-state index in [-0.39, 0.29) is 5.75 Å². The van der Waals surface area contributed by atoms with Crippen molar-refractivity contribution in [3.63, 3.8) is 0 Å². The van der Waals surface area contributed by atoms with Crippen LogP contribution in [0.1, 0.15) is 31.1 Å². The molecule has 6 heteroatoms. The van der Waals surface area contributed by atoms with Crippen molar-refractivity contribution in [2.45, 2.75) is 26.4 Å². The summed E-state index contributed by atoms with van der Waals surface area (Å²) >= 11 is 0. The molecule has 0 radical (unpaired) electrons. The summed E-state index contributed by atoms with van der Waals surface area (Å²) in [7, 11) is -3.56. The zero-order valence-electron chi connectivity index (χ0n) is 10.8. The van der Waals surface area contributed by atoms with Crippen molar-refractivity contribution >= 4 is 16.1 Å². The number of benzene rings is 1. The van der Waals surface area contributed by atoms with E-state index in [0.717, 1.165) is 6.26 Å². The van der Waals surface area contributed by atoms with E-state index in [2.05, 4.69) is 4.18 Å². The van der Waals surface area contributed by atoms with Crippen molar-refractivity contribution in [2.75, 3.05) is 6.26 Å². The molecule has 5 nitrogen and oxygen atoms in total. The summed E-state index contributed by atoms with van der Waals surface area (Å²) < 4.78 is 31.6. The van der Waals surface area contributed by atoms with Crippen LogP contribution in [0.3, 0.4) is 0 Å². The van der Waals surface area contributed by atoms with Crippen LogP contribution in [0.15, 0.2) is 24.3 Å². The van der Waals surface area contributed by atoms with E-state index in [4.69, 9.17) is 4.74 Å². The van der Waals surface area contributed by atoms with Crippen molar-refractivity contribution in [3.05, 3.63) is 29.8 Å². The molecule has 0 atom stereocenters. The Kier molecular flexibility index (Phi) is 4.01. The molecule has 1 aromatic carbocycles. The maximum absolute atomic E-state index is 11.7. The van der Waals surface area contributed by atoms with Gasteiger partial charge in [0.15, 0.2) is 0 Å². The fourth-order valence-corrected chi connectivity index (χ4v) is 1.62. The van der Waals surface area contributed by atoms with Gasteiger partial charge in [0.25, 0.3) is 0 Å². The molecule has 18 heavy (non-hydrogen) atoms. The SMILES string of the molecule is CC(C)(C)OC(=O)c1ccc(OS(C)(=O)=O)cc1. The number of hydrogen-bond donors (Lipinski definition) is 0. The van der Waals surface area contributed by atoms with Gasteiger partial charge in [0.05, 0.1) is 11.8 Å². The van der Waals surface area contributed by atoms with Crippen LogP contribution in [-0.4, -0.2) is 26.2 Å². The summed E-state index contributed by atoms with van der Waals surface area (Å²) in [5.41, 5.74) is -0.232. The molecule has 1 aromatic rings. The molecule has 0 heterocycles. The Hall–Kier alpha value is -1.56. The first-order chi connectivity index (χ1) is 8.07. The highest BCUT2D eigenvalue weighted by atomic mass is 32.2. The van der Waals surface area contributed by atoms with Crippen LogP contribution in [0.4, 0.5) is 0 Å². The van der Waals surface area contributed by atoms with E-state index in [1.165, 1.54) is 24.3 Å². The van der Waals surface area contributed by atoms with Gasteiger partial charge in [0, 0.05) is 0 Å². The lowest BCUT2D eigenvalue weighted by Crippen LogP contribution is -2.23. The second-order valence-corrected chi connectivity index (χ2v) is 6.39. The van der Waals surface area contributed by atoms with Crippen molar-refractivity contribution in [1.82, 2.24) is 0 Å². The standard InChI is InChI=1S/C12H16O5S/c1-12(2,3)16-11(13)9-5-7-10(8-6-9)17-18(4,14)15/h5-8H,1-4H3. The Morgan fingerprint density at radius 1 is 1.11 bits per heavy atom. The van der Waals surface area contributed by atoms with E-state index in [1.54, 1.807) is 20.8 Å². The third-order valence-electron chi connectivity index (χ3n) is 1.74. The summed E-state index contributed by atoms with van der Waals surface area (Å²) in [5.74, 6) is -0.307. The molecule has 0 aliphatic carbocycles. The summed E-state index contributed by atoms with van der Waals surface area (Å²) in [6.45, 7) is 5.31. The van der Waals surface area contributed by atoms with Gasteiger partial charge in [-0.3, -0.25) is 0 Å². The highest BCUT2D eigenvalue weighted by Crippen LogP contribution is 2.17. The first-order valence-electron chi connectivity index (χ1n) is 5.30. The van der Waals surface area contributed by atoms with Gasteiger partial charge < -0.3 is 8.92 Å². The summed E-state index contributed by atoms with van der Waals surface area (Å²) in [6.07, 6.45) is 0.953. The smallest absolute Gasteiger partial charge is 0.338 e. The fraction of sp³-hybridized carbons (Fsp3) is 0.417. The normalized spacial score (nSPS) is 12.0. The van der Waals surface area contributed by atoms with Crippen molar-refractivity contribution in [1.29, 1.82) is 0 Å². The number of carbonyl (C=O) groups is 1. The van der Waals surface area contributed by atoms with Gasteiger partial charge in [-0.2, -0.15) is 8.42 Å². The zero-order chi connectivity index (χ0) is 14.0. The second-order valence-electron chi connectivity index (χ2n) is 4.81. The molecule has 0 aromatic heterocycles. The third-order valence-corrected chi connectivity index (χ3v) is 2.23. The van der Waals surface area contributed by atoms with Crippen LogP contribution in [0.5, 0.6) is 5.75 Å². The van der Waals surface area contributed by atoms with Crippen molar-refractivity contribution in [3.8, 4) is 5.75 Å². The van der Waals surface area contributed by atoms with Gasteiger partial charge in [-0.05, 0) is 45.0 Å². The quantitative estimate of drug-likeness (QED) is 0.621. The number of rotatable bonds is 3. The predicted octanol–water partition coefficient (Wildman–Crippen LogP) is 1.98. The van der Waals surface area contributed by atoms with Crippen molar-refractivity contribution in [2.24, 2.45) is 0 Å². The van der Waals surface area contributed by atoms with E-state index in [0.29, 0.717) is 5.56 Å². The van der Waals surface area contributed by atoms with Crippen molar-refractivity contribution < 1.29 is 22.1 Å². The van der Waals surface area contributed by atoms with Crippen LogP contribution < -0.4 is 4.18 Å². The Bertz CT molecular complexity index is 523. The molecular weight excluding hydrogens is 256 g/mol. The van der Waals surface area contributed by atoms with E-state index < -0.39 is 21.7 Å². The van der Waals surface area contributed by atoms with E-state index >= 15 is 0 Å². The number of esters is 1. The van der Waals surface area contributed by atoms with Crippen LogP contribution in [-0.2, 0) is 14.9 Å². The van der Waals surface area contributed by atoms with Crippen LogP contribution in [0.25, 0.3) is 0 Å².